The first-order valence-corrected chi connectivity index (χ1v) is 11.5. The van der Waals surface area contributed by atoms with Crippen molar-refractivity contribution in [2.75, 3.05) is 38.1 Å². The zero-order chi connectivity index (χ0) is 26.0. The molecule has 2 amide bonds. The second-order valence-corrected chi connectivity index (χ2v) is 9.40. The molecule has 3 aromatic rings. The molecule has 1 aliphatic heterocycles. The second kappa shape index (κ2) is 9.84. The highest BCUT2D eigenvalue weighted by molar-refractivity contribution is 6.03. The molecule has 190 valence electrons. The minimum absolute atomic E-state index is 0.0601. The van der Waals surface area contributed by atoms with Gasteiger partial charge in [-0.2, -0.15) is 9.78 Å². The Bertz CT molecular complexity index is 1240. The largest absolute Gasteiger partial charge is 0.493 e. The monoisotopic (exact) mass is 494 g/mol. The Kier molecular flexibility index (Phi) is 6.82. The number of aromatic nitrogens is 4. The molecule has 0 bridgehead atoms. The summed E-state index contributed by atoms with van der Waals surface area (Å²) in [4.78, 5) is 36.3. The summed E-state index contributed by atoms with van der Waals surface area (Å²) >= 11 is 0. The van der Waals surface area contributed by atoms with Gasteiger partial charge in [-0.3, -0.25) is 9.59 Å². The summed E-state index contributed by atoms with van der Waals surface area (Å²) in [5.41, 5.74) is 1.07. The van der Waals surface area contributed by atoms with Gasteiger partial charge >= 0.3 is 0 Å². The van der Waals surface area contributed by atoms with E-state index in [9.17, 15) is 9.59 Å². The second-order valence-electron chi connectivity index (χ2n) is 9.40. The average Bonchev–Trinajstić information content (AvgIpc) is 3.47. The van der Waals surface area contributed by atoms with Crippen molar-refractivity contribution in [2.24, 2.45) is 5.92 Å². The van der Waals surface area contributed by atoms with E-state index in [0.29, 0.717) is 34.7 Å². The number of carbonyl (C=O) groups is 2. The molecule has 11 nitrogen and oxygen atoms in total. The molecule has 0 radical (unpaired) electrons. The lowest BCUT2D eigenvalue weighted by atomic mass is 9.92. The number of nitrogens with zero attached hydrogens (tertiary/aromatic N) is 5. The van der Waals surface area contributed by atoms with E-state index in [1.165, 1.54) is 26.0 Å². The summed E-state index contributed by atoms with van der Waals surface area (Å²) in [5, 5.41) is 7.56. The molecule has 1 aliphatic rings. The van der Waals surface area contributed by atoms with Crippen molar-refractivity contribution < 1.29 is 23.8 Å². The Hall–Kier alpha value is -4.15. The van der Waals surface area contributed by atoms with E-state index in [4.69, 9.17) is 14.2 Å². The standard InChI is InChI=1S/C25H30N6O5/c1-25(2,3)19-13-20(31(29-19)24-26-8-7-9-27-24)28-23(33)15-10-21(32)30(14-15)16-11-17(34-4)22(36-6)18(12-16)35-5/h7-9,11-13,15H,10,14H2,1-6H3,(H,28,33). The Morgan fingerprint density at radius 3 is 2.22 bits per heavy atom. The van der Waals surface area contributed by atoms with E-state index in [1.807, 2.05) is 26.8 Å². The Balaban J connectivity index is 1.59. The van der Waals surface area contributed by atoms with Gasteiger partial charge in [0.15, 0.2) is 11.5 Å². The minimum Gasteiger partial charge on any atom is -0.493 e. The van der Waals surface area contributed by atoms with Crippen LogP contribution in [0.4, 0.5) is 11.5 Å². The highest BCUT2D eigenvalue weighted by Gasteiger charge is 2.36. The van der Waals surface area contributed by atoms with Crippen molar-refractivity contribution in [1.82, 2.24) is 19.7 Å². The summed E-state index contributed by atoms with van der Waals surface area (Å²) in [6.45, 7) is 6.29. The van der Waals surface area contributed by atoms with Gasteiger partial charge in [-0.25, -0.2) is 9.97 Å². The highest BCUT2D eigenvalue weighted by Crippen LogP contribution is 2.42. The quantitative estimate of drug-likeness (QED) is 0.532. The van der Waals surface area contributed by atoms with Crippen LogP contribution in [-0.2, 0) is 15.0 Å². The molecule has 2 aromatic heterocycles. The lowest BCUT2D eigenvalue weighted by Gasteiger charge is -2.20. The van der Waals surface area contributed by atoms with Gasteiger partial charge in [0.05, 0.1) is 38.6 Å². The number of nitrogens with one attached hydrogen (secondary N) is 1. The zero-order valence-corrected chi connectivity index (χ0v) is 21.2. The van der Waals surface area contributed by atoms with Crippen molar-refractivity contribution in [3.05, 3.63) is 42.4 Å². The number of amides is 2. The fourth-order valence-corrected chi connectivity index (χ4v) is 3.97. The van der Waals surface area contributed by atoms with Gasteiger partial charge in [-0.05, 0) is 6.07 Å². The molecule has 1 fully saturated rings. The zero-order valence-electron chi connectivity index (χ0n) is 21.2. The molecule has 0 spiro atoms. The van der Waals surface area contributed by atoms with Gasteiger partial charge < -0.3 is 24.4 Å². The normalized spacial score (nSPS) is 15.7. The van der Waals surface area contributed by atoms with Gasteiger partial charge in [0.25, 0.3) is 5.95 Å². The molecule has 4 rings (SSSR count). The molecule has 0 saturated carbocycles. The molecule has 3 heterocycles. The van der Waals surface area contributed by atoms with Crippen LogP contribution in [0, 0.1) is 5.92 Å². The number of hydrogen-bond donors (Lipinski definition) is 1. The van der Waals surface area contributed by atoms with Crippen LogP contribution >= 0.6 is 0 Å². The van der Waals surface area contributed by atoms with Gasteiger partial charge in [-0.1, -0.05) is 20.8 Å². The molecule has 11 heteroatoms. The predicted octanol–water partition coefficient (Wildman–Crippen LogP) is 2.98. The predicted molar refractivity (Wildman–Crippen MR) is 133 cm³/mol. The van der Waals surface area contributed by atoms with Crippen molar-refractivity contribution in [3.63, 3.8) is 0 Å². The maximum Gasteiger partial charge on any atom is 0.252 e. The number of carbonyl (C=O) groups excluding carboxylic acids is 2. The lowest BCUT2D eigenvalue weighted by Crippen LogP contribution is -2.28. The maximum atomic E-state index is 13.3. The molecular formula is C25H30N6O5. The van der Waals surface area contributed by atoms with Crippen LogP contribution in [0.25, 0.3) is 5.95 Å². The summed E-state index contributed by atoms with van der Waals surface area (Å²) in [6, 6.07) is 6.90. The van der Waals surface area contributed by atoms with Crippen LogP contribution < -0.4 is 24.4 Å². The van der Waals surface area contributed by atoms with E-state index < -0.39 is 5.92 Å². The summed E-state index contributed by atoms with van der Waals surface area (Å²) in [5.74, 6) is 1.00. The Labute approximate surface area is 209 Å². The van der Waals surface area contributed by atoms with Gasteiger partial charge in [0.2, 0.25) is 17.6 Å². The fraction of sp³-hybridized carbons (Fsp3) is 0.400. The maximum absolute atomic E-state index is 13.3. The van der Waals surface area contributed by atoms with Crippen LogP contribution in [0.3, 0.4) is 0 Å². The van der Waals surface area contributed by atoms with Crippen LogP contribution in [0.15, 0.2) is 36.7 Å². The number of benzene rings is 1. The number of ether oxygens (including phenoxy) is 3. The van der Waals surface area contributed by atoms with Crippen molar-refractivity contribution >= 4 is 23.3 Å². The summed E-state index contributed by atoms with van der Waals surface area (Å²) < 4.78 is 17.7. The van der Waals surface area contributed by atoms with Gasteiger partial charge in [-0.15, -0.1) is 0 Å². The first kappa shape index (κ1) is 25.0. The van der Waals surface area contributed by atoms with Crippen LogP contribution in [0.1, 0.15) is 32.9 Å². The third kappa shape index (κ3) is 4.81. The SMILES string of the molecule is COc1cc(N2CC(C(=O)Nc3cc(C(C)(C)C)nn3-c3ncccn3)CC2=O)cc(OC)c1OC. The third-order valence-electron chi connectivity index (χ3n) is 5.93. The smallest absolute Gasteiger partial charge is 0.252 e. The molecule has 36 heavy (non-hydrogen) atoms. The van der Waals surface area contributed by atoms with Gasteiger partial charge in [0.1, 0.15) is 5.82 Å². The fourth-order valence-electron chi connectivity index (χ4n) is 3.97. The molecule has 0 aliphatic carbocycles. The van der Waals surface area contributed by atoms with Crippen LogP contribution in [-0.4, -0.2) is 59.4 Å². The first-order chi connectivity index (χ1) is 17.2. The molecule has 1 saturated heterocycles. The lowest BCUT2D eigenvalue weighted by molar-refractivity contribution is -0.122. The molecule has 1 atom stereocenters. The number of anilines is 2. The topological polar surface area (TPSA) is 121 Å². The average molecular weight is 495 g/mol. The Morgan fingerprint density at radius 1 is 1.03 bits per heavy atom. The molecule has 1 N–H and O–H groups in total. The number of hydrogen-bond acceptors (Lipinski definition) is 8. The van der Waals surface area contributed by atoms with E-state index in [1.54, 1.807) is 35.5 Å². The Morgan fingerprint density at radius 2 is 1.67 bits per heavy atom. The van der Waals surface area contributed by atoms with E-state index >= 15 is 0 Å². The first-order valence-electron chi connectivity index (χ1n) is 11.5. The molecule has 1 unspecified atom stereocenters. The number of methoxy groups -OCH3 is 3. The van der Waals surface area contributed by atoms with E-state index in [2.05, 4.69) is 20.4 Å². The van der Waals surface area contributed by atoms with Crippen molar-refractivity contribution in [3.8, 4) is 23.2 Å². The summed E-state index contributed by atoms with van der Waals surface area (Å²) in [6.07, 6.45) is 3.28. The summed E-state index contributed by atoms with van der Waals surface area (Å²) in [7, 11) is 4.53. The highest BCUT2D eigenvalue weighted by atomic mass is 16.5. The van der Waals surface area contributed by atoms with Crippen molar-refractivity contribution in [2.45, 2.75) is 32.6 Å². The van der Waals surface area contributed by atoms with Crippen LogP contribution in [0.5, 0.6) is 17.2 Å². The van der Waals surface area contributed by atoms with Crippen molar-refractivity contribution in [1.29, 1.82) is 0 Å². The third-order valence-corrected chi connectivity index (χ3v) is 5.93. The number of rotatable bonds is 7. The molecule has 1 aromatic carbocycles. The van der Waals surface area contributed by atoms with Crippen LogP contribution in [0.2, 0.25) is 0 Å². The van der Waals surface area contributed by atoms with Gasteiger partial charge in [0, 0.05) is 49.0 Å². The van der Waals surface area contributed by atoms with E-state index in [-0.39, 0.29) is 30.2 Å². The molecular weight excluding hydrogens is 464 g/mol. The van der Waals surface area contributed by atoms with E-state index in [0.717, 1.165) is 5.69 Å². The minimum atomic E-state index is -0.574.